The Balaban J connectivity index is 1.58. The smallest absolute Gasteiger partial charge is 0.256 e. The Bertz CT molecular complexity index is 1380. The van der Waals surface area contributed by atoms with Crippen LogP contribution in [-0.2, 0) is 4.79 Å². The minimum Gasteiger partial charge on any atom is -0.389 e. The number of hydrogen-bond acceptors (Lipinski definition) is 10. The van der Waals surface area contributed by atoms with E-state index >= 15 is 0 Å². The molecular formula is C20H22ClN9O3S. The summed E-state index contributed by atoms with van der Waals surface area (Å²) in [4.78, 5) is 26.9. The first-order valence-corrected chi connectivity index (χ1v) is 11.7. The lowest BCUT2D eigenvalue weighted by atomic mass is 9.85. The van der Waals surface area contributed by atoms with Gasteiger partial charge in [-0.2, -0.15) is 14.6 Å². The summed E-state index contributed by atoms with van der Waals surface area (Å²) in [6, 6.07) is 3.01. The molecule has 14 heteroatoms. The van der Waals surface area contributed by atoms with E-state index in [4.69, 9.17) is 11.6 Å². The SMILES string of the molecule is CNC(=O)C1(C)C[C@@H](n2cnc3c(NC)nc(-n4cc(-c5ccc(Cl)s5)nn4)nc32)C(O)[C@@H]1O. The number of anilines is 1. The third-order valence-electron chi connectivity index (χ3n) is 6.28. The van der Waals surface area contributed by atoms with Crippen LogP contribution in [0, 0.1) is 5.41 Å². The summed E-state index contributed by atoms with van der Waals surface area (Å²) in [7, 11) is 3.21. The molecule has 4 aromatic rings. The molecule has 4 N–H and O–H groups in total. The number of fused-ring (bicyclic) bond motifs is 1. The zero-order chi connectivity index (χ0) is 24.2. The normalized spacial score (nSPS) is 24.6. The van der Waals surface area contributed by atoms with Gasteiger partial charge in [0.1, 0.15) is 11.8 Å². The van der Waals surface area contributed by atoms with E-state index in [0.29, 0.717) is 27.0 Å². The summed E-state index contributed by atoms with van der Waals surface area (Å²) in [5, 5.41) is 35.5. The minimum atomic E-state index is -1.25. The van der Waals surface area contributed by atoms with Crippen LogP contribution < -0.4 is 10.6 Å². The van der Waals surface area contributed by atoms with Crippen LogP contribution in [0.25, 0.3) is 27.7 Å². The third kappa shape index (κ3) is 3.43. The number of imidazole rings is 1. The molecule has 1 aliphatic carbocycles. The van der Waals surface area contributed by atoms with Crippen molar-refractivity contribution in [2.24, 2.45) is 5.41 Å². The van der Waals surface area contributed by atoms with Crippen LogP contribution in [0.2, 0.25) is 4.34 Å². The molecule has 0 bridgehead atoms. The number of thiophene rings is 1. The summed E-state index contributed by atoms with van der Waals surface area (Å²) < 4.78 is 3.75. The lowest BCUT2D eigenvalue weighted by Crippen LogP contribution is -2.45. The van der Waals surface area contributed by atoms with Crippen molar-refractivity contribution in [1.29, 1.82) is 0 Å². The molecule has 5 rings (SSSR count). The zero-order valence-corrected chi connectivity index (χ0v) is 20.0. The number of rotatable bonds is 5. The first kappa shape index (κ1) is 22.7. The monoisotopic (exact) mass is 503 g/mol. The highest BCUT2D eigenvalue weighted by Crippen LogP contribution is 2.45. The number of halogens is 1. The number of hydrogen-bond donors (Lipinski definition) is 4. The number of carbonyl (C=O) groups is 1. The molecule has 1 amide bonds. The van der Waals surface area contributed by atoms with Crippen LogP contribution in [0.4, 0.5) is 5.82 Å². The fourth-order valence-electron chi connectivity index (χ4n) is 4.39. The highest BCUT2D eigenvalue weighted by molar-refractivity contribution is 7.19. The molecule has 0 aliphatic heterocycles. The van der Waals surface area contributed by atoms with Gasteiger partial charge in [-0.05, 0) is 25.5 Å². The van der Waals surface area contributed by atoms with E-state index in [0.717, 1.165) is 4.88 Å². The third-order valence-corrected chi connectivity index (χ3v) is 7.53. The fraction of sp³-hybridized carbons (Fsp3) is 0.400. The standard InChI is InChI=1S/C20H22ClN9O3S/c1-20(18(33)23-3)6-10(14(31)15(20)32)29-8-24-13-16(22-2)25-19(26-17(13)29)30-7-9(27-28-30)11-4-5-12(21)34-11/h4-5,7-8,10,14-15,31-32H,6H2,1-3H3,(H,23,33)(H,22,25,26)/t10-,14?,15+,20?/m1/s1. The van der Waals surface area contributed by atoms with Gasteiger partial charge in [0.2, 0.25) is 5.91 Å². The van der Waals surface area contributed by atoms with Crippen molar-refractivity contribution in [2.75, 3.05) is 19.4 Å². The van der Waals surface area contributed by atoms with Crippen LogP contribution in [0.1, 0.15) is 19.4 Å². The Morgan fingerprint density at radius 1 is 1.29 bits per heavy atom. The number of aliphatic hydroxyl groups excluding tert-OH is 2. The average Bonchev–Trinajstić information content (AvgIpc) is 3.62. The maximum atomic E-state index is 12.5. The average molecular weight is 504 g/mol. The highest BCUT2D eigenvalue weighted by atomic mass is 35.5. The maximum absolute atomic E-state index is 12.5. The quantitative estimate of drug-likeness (QED) is 0.314. The van der Waals surface area contributed by atoms with E-state index < -0.39 is 23.7 Å². The summed E-state index contributed by atoms with van der Waals surface area (Å²) in [6.45, 7) is 1.63. The lowest BCUT2D eigenvalue weighted by molar-refractivity contribution is -0.136. The predicted octanol–water partition coefficient (Wildman–Crippen LogP) is 1.25. The maximum Gasteiger partial charge on any atom is 0.256 e. The number of aliphatic hydroxyl groups is 2. The van der Waals surface area contributed by atoms with Gasteiger partial charge in [-0.3, -0.25) is 4.79 Å². The highest BCUT2D eigenvalue weighted by Gasteiger charge is 2.54. The van der Waals surface area contributed by atoms with Gasteiger partial charge in [-0.15, -0.1) is 16.4 Å². The zero-order valence-electron chi connectivity index (χ0n) is 18.5. The number of nitrogens with zero attached hydrogens (tertiary/aromatic N) is 7. The van der Waals surface area contributed by atoms with Crippen LogP contribution in [0.3, 0.4) is 0 Å². The Hall–Kier alpha value is -3.13. The van der Waals surface area contributed by atoms with E-state index in [1.165, 1.54) is 29.4 Å². The van der Waals surface area contributed by atoms with Gasteiger partial charge in [0.25, 0.3) is 5.95 Å². The van der Waals surface area contributed by atoms with Gasteiger partial charge in [0.05, 0.1) is 39.3 Å². The van der Waals surface area contributed by atoms with Crippen molar-refractivity contribution >= 4 is 45.8 Å². The second-order valence-electron chi connectivity index (χ2n) is 8.30. The number of aromatic nitrogens is 7. The molecule has 1 aliphatic rings. The van der Waals surface area contributed by atoms with Crippen LogP contribution in [-0.4, -0.2) is 76.9 Å². The van der Waals surface area contributed by atoms with Crippen LogP contribution >= 0.6 is 22.9 Å². The molecule has 0 radical (unpaired) electrons. The molecule has 1 fully saturated rings. The van der Waals surface area contributed by atoms with Crippen LogP contribution in [0.5, 0.6) is 0 Å². The first-order valence-electron chi connectivity index (χ1n) is 10.5. The topological polar surface area (TPSA) is 156 Å². The van der Waals surface area contributed by atoms with Crippen molar-refractivity contribution in [1.82, 2.24) is 39.8 Å². The van der Waals surface area contributed by atoms with Gasteiger partial charge in [0, 0.05) is 14.1 Å². The Morgan fingerprint density at radius 2 is 2.09 bits per heavy atom. The fourth-order valence-corrected chi connectivity index (χ4v) is 5.38. The molecule has 2 unspecified atom stereocenters. The van der Waals surface area contributed by atoms with Crippen molar-refractivity contribution < 1.29 is 15.0 Å². The minimum absolute atomic E-state index is 0.196. The van der Waals surface area contributed by atoms with Crippen molar-refractivity contribution in [2.45, 2.75) is 31.6 Å². The van der Waals surface area contributed by atoms with E-state index in [9.17, 15) is 15.0 Å². The van der Waals surface area contributed by atoms with E-state index in [1.54, 1.807) is 30.8 Å². The summed E-state index contributed by atoms with van der Waals surface area (Å²) in [5.41, 5.74) is 0.352. The summed E-state index contributed by atoms with van der Waals surface area (Å²) in [6.07, 6.45) is 0.968. The molecule has 0 aromatic carbocycles. The predicted molar refractivity (Wildman–Crippen MR) is 126 cm³/mol. The molecule has 12 nitrogen and oxygen atoms in total. The van der Waals surface area contributed by atoms with Gasteiger partial charge < -0.3 is 25.4 Å². The molecular weight excluding hydrogens is 482 g/mol. The van der Waals surface area contributed by atoms with Crippen molar-refractivity contribution in [3.05, 3.63) is 29.0 Å². The Labute approximate surface area is 202 Å². The largest absolute Gasteiger partial charge is 0.389 e. The van der Waals surface area contributed by atoms with Crippen LogP contribution in [0.15, 0.2) is 24.7 Å². The summed E-state index contributed by atoms with van der Waals surface area (Å²) in [5.74, 6) is 0.347. The van der Waals surface area contributed by atoms with Crippen molar-refractivity contribution in [3.63, 3.8) is 0 Å². The van der Waals surface area contributed by atoms with E-state index in [-0.39, 0.29) is 18.3 Å². The Morgan fingerprint density at radius 3 is 2.76 bits per heavy atom. The number of amides is 1. The molecule has 178 valence electrons. The molecule has 0 saturated heterocycles. The van der Waals surface area contributed by atoms with Gasteiger partial charge in [0.15, 0.2) is 17.0 Å². The molecule has 4 aromatic heterocycles. The van der Waals surface area contributed by atoms with E-state index in [1.807, 2.05) is 6.07 Å². The molecule has 0 spiro atoms. The molecule has 34 heavy (non-hydrogen) atoms. The second-order valence-corrected chi connectivity index (χ2v) is 10.0. The first-order chi connectivity index (χ1) is 16.3. The molecule has 4 atom stereocenters. The number of carbonyl (C=O) groups excluding carboxylic acids is 1. The molecule has 1 saturated carbocycles. The van der Waals surface area contributed by atoms with Gasteiger partial charge in [-0.1, -0.05) is 16.8 Å². The van der Waals surface area contributed by atoms with E-state index in [2.05, 4.69) is 35.9 Å². The van der Waals surface area contributed by atoms with Crippen molar-refractivity contribution in [3.8, 4) is 16.5 Å². The number of nitrogens with one attached hydrogen (secondary N) is 2. The summed E-state index contributed by atoms with van der Waals surface area (Å²) >= 11 is 7.42. The van der Waals surface area contributed by atoms with Gasteiger partial charge in [-0.25, -0.2) is 4.98 Å². The van der Waals surface area contributed by atoms with Gasteiger partial charge >= 0.3 is 0 Å². The Kier molecular flexibility index (Phi) is 5.51. The lowest BCUT2D eigenvalue weighted by Gasteiger charge is -2.26. The second kappa shape index (κ2) is 8.27. The molecule has 4 heterocycles.